The number of hydrogen-bond acceptors (Lipinski definition) is 5. The van der Waals surface area contributed by atoms with Gasteiger partial charge in [-0.25, -0.2) is 0 Å². The fraction of sp³-hybridized carbons (Fsp3) is 0.353. The zero-order chi connectivity index (χ0) is 15.8. The Morgan fingerprint density at radius 3 is 2.77 bits per heavy atom. The molecule has 22 heavy (non-hydrogen) atoms. The van der Waals surface area contributed by atoms with Gasteiger partial charge in [0.1, 0.15) is 17.2 Å². The highest BCUT2D eigenvalue weighted by atomic mass is 16.5. The Labute approximate surface area is 130 Å². The van der Waals surface area contributed by atoms with Crippen molar-refractivity contribution in [1.29, 1.82) is 0 Å². The highest BCUT2D eigenvalue weighted by Crippen LogP contribution is 2.25. The van der Waals surface area contributed by atoms with Crippen LogP contribution in [0, 0.1) is 6.92 Å². The summed E-state index contributed by atoms with van der Waals surface area (Å²) in [4.78, 5) is 4.33. The normalized spacial score (nSPS) is 10.5. The second kappa shape index (κ2) is 8.24. The van der Waals surface area contributed by atoms with Gasteiger partial charge in [0.25, 0.3) is 0 Å². The molecular formula is C17H22N2O3. The lowest BCUT2D eigenvalue weighted by atomic mass is 10.2. The predicted molar refractivity (Wildman–Crippen MR) is 86.4 cm³/mol. The standard InChI is InChI=1S/C17H22N2O3/c1-13-8-9-16(20)15(19-13)12-18-14-6-3-4-7-17(14)22-11-5-10-21-2/h3-4,6-9,18,20H,5,10-12H2,1-2H3. The van der Waals surface area contributed by atoms with Crippen LogP contribution in [0.5, 0.6) is 11.5 Å². The van der Waals surface area contributed by atoms with Gasteiger partial charge in [-0.3, -0.25) is 4.98 Å². The van der Waals surface area contributed by atoms with Gasteiger partial charge in [-0.15, -0.1) is 0 Å². The molecule has 0 radical (unpaired) electrons. The highest BCUT2D eigenvalue weighted by molar-refractivity contribution is 5.56. The Hall–Kier alpha value is -2.27. The molecule has 0 amide bonds. The van der Waals surface area contributed by atoms with Crippen molar-refractivity contribution in [2.24, 2.45) is 0 Å². The minimum absolute atomic E-state index is 0.191. The van der Waals surface area contributed by atoms with E-state index in [-0.39, 0.29) is 5.75 Å². The summed E-state index contributed by atoms with van der Waals surface area (Å²) in [6.07, 6.45) is 0.838. The molecule has 1 aromatic carbocycles. The van der Waals surface area contributed by atoms with Crippen molar-refractivity contribution >= 4 is 5.69 Å². The van der Waals surface area contributed by atoms with E-state index in [1.165, 1.54) is 0 Å². The van der Waals surface area contributed by atoms with Crippen LogP contribution in [-0.4, -0.2) is 30.4 Å². The highest BCUT2D eigenvalue weighted by Gasteiger charge is 2.06. The largest absolute Gasteiger partial charge is 0.506 e. The van der Waals surface area contributed by atoms with Crippen molar-refractivity contribution in [2.45, 2.75) is 19.9 Å². The maximum absolute atomic E-state index is 9.84. The van der Waals surface area contributed by atoms with E-state index in [9.17, 15) is 5.11 Å². The third-order valence-corrected chi connectivity index (χ3v) is 3.17. The van der Waals surface area contributed by atoms with Crippen molar-refractivity contribution in [1.82, 2.24) is 4.98 Å². The first-order chi connectivity index (χ1) is 10.7. The average Bonchev–Trinajstić information content (AvgIpc) is 2.53. The summed E-state index contributed by atoms with van der Waals surface area (Å²) in [6, 6.07) is 11.2. The van der Waals surface area contributed by atoms with E-state index in [4.69, 9.17) is 9.47 Å². The SMILES string of the molecule is COCCCOc1ccccc1NCc1nc(C)ccc1O. The quantitative estimate of drug-likeness (QED) is 0.734. The van der Waals surface area contributed by atoms with Gasteiger partial charge in [-0.2, -0.15) is 0 Å². The lowest BCUT2D eigenvalue weighted by Crippen LogP contribution is -2.06. The maximum atomic E-state index is 9.84. The van der Waals surface area contributed by atoms with Crippen LogP contribution in [0.4, 0.5) is 5.69 Å². The Bertz CT molecular complexity index is 602. The van der Waals surface area contributed by atoms with Crippen LogP contribution in [0.1, 0.15) is 17.8 Å². The molecule has 1 heterocycles. The number of rotatable bonds is 8. The van der Waals surface area contributed by atoms with E-state index >= 15 is 0 Å². The maximum Gasteiger partial charge on any atom is 0.142 e. The van der Waals surface area contributed by atoms with Gasteiger partial charge in [-0.05, 0) is 31.2 Å². The molecule has 2 N–H and O–H groups in total. The molecular weight excluding hydrogens is 280 g/mol. The molecule has 0 saturated carbocycles. The Morgan fingerprint density at radius 1 is 1.14 bits per heavy atom. The van der Waals surface area contributed by atoms with Crippen LogP contribution in [0.25, 0.3) is 0 Å². The van der Waals surface area contributed by atoms with Crippen molar-refractivity contribution in [3.8, 4) is 11.5 Å². The number of benzene rings is 1. The first-order valence-corrected chi connectivity index (χ1v) is 7.31. The summed E-state index contributed by atoms with van der Waals surface area (Å²) in [7, 11) is 1.68. The van der Waals surface area contributed by atoms with Crippen LogP contribution in [0.15, 0.2) is 36.4 Å². The van der Waals surface area contributed by atoms with Crippen molar-refractivity contribution in [3.63, 3.8) is 0 Å². The fourth-order valence-corrected chi connectivity index (χ4v) is 2.04. The molecule has 2 aromatic rings. The number of ether oxygens (including phenoxy) is 2. The van der Waals surface area contributed by atoms with Crippen molar-refractivity contribution < 1.29 is 14.6 Å². The minimum Gasteiger partial charge on any atom is -0.506 e. The van der Waals surface area contributed by atoms with Crippen LogP contribution in [0.3, 0.4) is 0 Å². The minimum atomic E-state index is 0.191. The van der Waals surface area contributed by atoms with E-state index in [2.05, 4.69) is 10.3 Å². The second-order valence-corrected chi connectivity index (χ2v) is 4.96. The molecule has 118 valence electrons. The van der Waals surface area contributed by atoms with Crippen LogP contribution in [-0.2, 0) is 11.3 Å². The smallest absolute Gasteiger partial charge is 0.142 e. The number of methoxy groups -OCH3 is 1. The zero-order valence-electron chi connectivity index (χ0n) is 13.0. The summed E-state index contributed by atoms with van der Waals surface area (Å²) in [6.45, 7) is 3.61. The molecule has 0 aliphatic heterocycles. The second-order valence-electron chi connectivity index (χ2n) is 4.96. The Balaban J connectivity index is 1.98. The number of hydrogen-bond donors (Lipinski definition) is 2. The van der Waals surface area contributed by atoms with E-state index in [0.29, 0.717) is 25.5 Å². The van der Waals surface area contributed by atoms with Gasteiger partial charge >= 0.3 is 0 Å². The lowest BCUT2D eigenvalue weighted by molar-refractivity contribution is 0.172. The molecule has 0 saturated heterocycles. The first kappa shape index (κ1) is 16.1. The predicted octanol–water partition coefficient (Wildman–Crippen LogP) is 3.12. The number of para-hydroxylation sites is 2. The van der Waals surface area contributed by atoms with Crippen molar-refractivity contribution in [3.05, 3.63) is 47.8 Å². The monoisotopic (exact) mass is 302 g/mol. The molecule has 0 fully saturated rings. The number of aromatic hydroxyl groups is 1. The molecule has 0 spiro atoms. The lowest BCUT2D eigenvalue weighted by Gasteiger charge is -2.13. The van der Waals surface area contributed by atoms with Gasteiger partial charge < -0.3 is 19.9 Å². The summed E-state index contributed by atoms with van der Waals surface area (Å²) in [5.41, 5.74) is 2.37. The number of pyridine rings is 1. The van der Waals surface area contributed by atoms with Crippen LogP contribution in [0.2, 0.25) is 0 Å². The van der Waals surface area contributed by atoms with Gasteiger partial charge in [0.2, 0.25) is 0 Å². The fourth-order valence-electron chi connectivity index (χ4n) is 2.04. The zero-order valence-corrected chi connectivity index (χ0v) is 13.0. The molecule has 5 nitrogen and oxygen atoms in total. The number of aryl methyl sites for hydroxylation is 1. The molecule has 1 aromatic heterocycles. The summed E-state index contributed by atoms with van der Waals surface area (Å²) in [5, 5.41) is 13.1. The third kappa shape index (κ3) is 4.63. The van der Waals surface area contributed by atoms with Crippen molar-refractivity contribution in [2.75, 3.05) is 25.6 Å². The average molecular weight is 302 g/mol. The summed E-state index contributed by atoms with van der Waals surface area (Å²) in [5.74, 6) is 0.974. The third-order valence-electron chi connectivity index (χ3n) is 3.17. The van der Waals surface area contributed by atoms with E-state index in [1.807, 2.05) is 31.2 Å². The van der Waals surface area contributed by atoms with E-state index in [1.54, 1.807) is 19.2 Å². The number of aromatic nitrogens is 1. The summed E-state index contributed by atoms with van der Waals surface area (Å²) >= 11 is 0. The first-order valence-electron chi connectivity index (χ1n) is 7.31. The van der Waals surface area contributed by atoms with Crippen LogP contribution < -0.4 is 10.1 Å². The van der Waals surface area contributed by atoms with Gasteiger partial charge in [0, 0.05) is 25.8 Å². The molecule has 0 bridgehead atoms. The van der Waals surface area contributed by atoms with E-state index < -0.39 is 0 Å². The molecule has 5 heteroatoms. The van der Waals surface area contributed by atoms with Gasteiger partial charge in [0.05, 0.1) is 18.8 Å². The Kier molecular flexibility index (Phi) is 6.03. The molecule has 0 atom stereocenters. The summed E-state index contributed by atoms with van der Waals surface area (Å²) < 4.78 is 10.8. The molecule has 0 aliphatic rings. The topological polar surface area (TPSA) is 63.6 Å². The number of nitrogens with one attached hydrogen (secondary N) is 1. The van der Waals surface area contributed by atoms with Gasteiger partial charge in [0.15, 0.2) is 0 Å². The van der Waals surface area contributed by atoms with Gasteiger partial charge in [-0.1, -0.05) is 12.1 Å². The van der Waals surface area contributed by atoms with Crippen LogP contribution >= 0.6 is 0 Å². The number of nitrogens with zero attached hydrogens (tertiary/aromatic N) is 1. The Morgan fingerprint density at radius 2 is 1.95 bits per heavy atom. The van der Waals surface area contributed by atoms with E-state index in [0.717, 1.165) is 23.6 Å². The number of anilines is 1. The molecule has 0 aliphatic carbocycles. The molecule has 0 unspecified atom stereocenters. The molecule has 2 rings (SSSR count).